The van der Waals surface area contributed by atoms with Gasteiger partial charge in [0.25, 0.3) is 0 Å². The second-order valence-corrected chi connectivity index (χ2v) is 4.71. The Balaban J connectivity index is 1.96. The normalized spacial score (nSPS) is 9.91. The predicted octanol–water partition coefficient (Wildman–Crippen LogP) is 3.05. The topological polar surface area (TPSA) is 78.9 Å². The summed E-state index contributed by atoms with van der Waals surface area (Å²) in [5.74, 6) is 0.282. The highest BCUT2D eigenvalue weighted by atomic mass is 16.6. The van der Waals surface area contributed by atoms with E-state index in [4.69, 9.17) is 9.84 Å². The molecule has 0 atom stereocenters. The molecule has 0 bridgehead atoms. The number of aryl methyl sites for hydroxylation is 1. The number of nitrogens with zero attached hydrogens (tertiary/aromatic N) is 1. The van der Waals surface area contributed by atoms with Crippen LogP contribution in [0.2, 0.25) is 0 Å². The van der Waals surface area contributed by atoms with Crippen molar-refractivity contribution < 1.29 is 19.4 Å². The largest absolute Gasteiger partial charge is 0.508 e. The summed E-state index contributed by atoms with van der Waals surface area (Å²) in [6.45, 7) is 1.91. The van der Waals surface area contributed by atoms with Crippen LogP contribution in [-0.2, 0) is 0 Å². The zero-order valence-corrected chi connectivity index (χ0v) is 12.2. The predicted molar refractivity (Wildman–Crippen MR) is 82.2 cm³/mol. The maximum Gasteiger partial charge on any atom is 0.420 e. The number of phenolic OH excluding ortho intramolecular Hbond substituents is 1. The van der Waals surface area contributed by atoms with Crippen LogP contribution in [0.15, 0.2) is 48.5 Å². The van der Waals surface area contributed by atoms with Gasteiger partial charge in [-0.25, -0.2) is 14.9 Å². The Labute approximate surface area is 127 Å². The van der Waals surface area contributed by atoms with Gasteiger partial charge < -0.3 is 9.84 Å². The molecule has 0 saturated heterocycles. The van der Waals surface area contributed by atoms with Crippen LogP contribution in [-0.4, -0.2) is 24.3 Å². The zero-order valence-electron chi connectivity index (χ0n) is 12.2. The number of amides is 3. The lowest BCUT2D eigenvalue weighted by molar-refractivity contribution is 0.198. The first-order valence-electron chi connectivity index (χ1n) is 6.58. The molecule has 0 fully saturated rings. The van der Waals surface area contributed by atoms with Gasteiger partial charge in [0.1, 0.15) is 11.5 Å². The number of hydrogen-bond acceptors (Lipinski definition) is 4. The van der Waals surface area contributed by atoms with E-state index in [1.54, 1.807) is 13.1 Å². The van der Waals surface area contributed by atoms with E-state index in [-0.39, 0.29) is 11.5 Å². The minimum absolute atomic E-state index is 0.0583. The minimum atomic E-state index is -0.893. The van der Waals surface area contributed by atoms with Crippen LogP contribution in [0, 0.1) is 6.92 Å². The number of benzene rings is 2. The molecule has 2 aromatic rings. The average molecular weight is 300 g/mol. The molecule has 0 spiro atoms. The molecule has 3 amide bonds. The van der Waals surface area contributed by atoms with Crippen molar-refractivity contribution in [2.24, 2.45) is 0 Å². The summed E-state index contributed by atoms with van der Waals surface area (Å²) in [5, 5.41) is 11.3. The fraction of sp³-hybridized carbons (Fsp3) is 0.125. The Morgan fingerprint density at radius 3 is 2.45 bits per heavy atom. The summed E-state index contributed by atoms with van der Waals surface area (Å²) in [5.41, 5.74) is 1.67. The highest BCUT2D eigenvalue weighted by Gasteiger charge is 2.15. The van der Waals surface area contributed by atoms with Crippen LogP contribution >= 0.6 is 0 Å². The van der Waals surface area contributed by atoms with Crippen LogP contribution in [0.4, 0.5) is 15.3 Å². The summed E-state index contributed by atoms with van der Waals surface area (Å²) in [6, 6.07) is 12.3. The van der Waals surface area contributed by atoms with Crippen LogP contribution in [0.3, 0.4) is 0 Å². The van der Waals surface area contributed by atoms with Gasteiger partial charge in [-0.2, -0.15) is 0 Å². The molecule has 22 heavy (non-hydrogen) atoms. The number of urea groups is 1. The Kier molecular flexibility index (Phi) is 4.63. The third-order valence-corrected chi connectivity index (χ3v) is 2.95. The van der Waals surface area contributed by atoms with Gasteiger partial charge in [-0.05, 0) is 48.9 Å². The molecule has 0 aliphatic carbocycles. The number of imide groups is 1. The number of rotatable bonds is 2. The minimum Gasteiger partial charge on any atom is -0.508 e. The van der Waals surface area contributed by atoms with Crippen molar-refractivity contribution in [3.05, 3.63) is 54.1 Å². The van der Waals surface area contributed by atoms with Crippen LogP contribution in [0.5, 0.6) is 11.5 Å². The fourth-order valence-electron chi connectivity index (χ4n) is 1.77. The number of carbonyl (C=O) groups is 2. The van der Waals surface area contributed by atoms with E-state index in [0.717, 1.165) is 5.56 Å². The van der Waals surface area contributed by atoms with Gasteiger partial charge in [0.15, 0.2) is 0 Å². The number of phenols is 1. The van der Waals surface area contributed by atoms with Crippen molar-refractivity contribution >= 4 is 17.8 Å². The maximum atomic E-state index is 12.0. The molecule has 0 aliphatic rings. The van der Waals surface area contributed by atoms with Crippen LogP contribution < -0.4 is 15.0 Å². The lowest BCUT2D eigenvalue weighted by Gasteiger charge is -2.17. The van der Waals surface area contributed by atoms with E-state index in [9.17, 15) is 9.59 Å². The maximum absolute atomic E-state index is 12.0. The molecule has 2 N–H and O–H groups in total. The number of hydrogen-bond donors (Lipinski definition) is 2. The summed E-state index contributed by atoms with van der Waals surface area (Å²) >= 11 is 0. The number of anilines is 1. The quantitative estimate of drug-likeness (QED) is 0.893. The van der Waals surface area contributed by atoms with E-state index >= 15 is 0 Å². The molecular weight excluding hydrogens is 284 g/mol. The van der Waals surface area contributed by atoms with Crippen molar-refractivity contribution in [1.82, 2.24) is 5.32 Å². The second-order valence-electron chi connectivity index (χ2n) is 4.71. The van der Waals surface area contributed by atoms with Gasteiger partial charge in [-0.1, -0.05) is 12.1 Å². The molecule has 114 valence electrons. The third-order valence-electron chi connectivity index (χ3n) is 2.95. The second kappa shape index (κ2) is 6.62. The Morgan fingerprint density at radius 2 is 1.82 bits per heavy atom. The molecule has 0 heterocycles. The molecule has 2 aromatic carbocycles. The Bertz CT molecular complexity index is 683. The highest BCUT2D eigenvalue weighted by molar-refractivity contribution is 6.00. The molecule has 6 heteroatoms. The summed E-state index contributed by atoms with van der Waals surface area (Å²) in [4.78, 5) is 25.0. The summed E-state index contributed by atoms with van der Waals surface area (Å²) in [6.07, 6.45) is -0.893. The monoisotopic (exact) mass is 300 g/mol. The first-order valence-corrected chi connectivity index (χ1v) is 6.58. The number of carbonyl (C=O) groups excluding carboxylic acids is 2. The van der Waals surface area contributed by atoms with E-state index in [1.165, 1.54) is 29.2 Å². The van der Waals surface area contributed by atoms with Gasteiger partial charge in [0.05, 0.1) is 0 Å². The molecule has 0 unspecified atom stereocenters. The molecule has 0 radical (unpaired) electrons. The number of nitrogens with one attached hydrogen (secondary N) is 1. The standard InChI is InChI=1S/C16H16N2O4/c1-11-4-3-5-12(10-11)18(2)15(20)17-16(21)22-14-8-6-13(19)7-9-14/h3-10,19H,1-2H3,(H,17,20,21). The number of ether oxygens (including phenoxy) is 1. The molecule has 0 saturated carbocycles. The van der Waals surface area contributed by atoms with Crippen molar-refractivity contribution in [1.29, 1.82) is 0 Å². The molecule has 0 aliphatic heterocycles. The van der Waals surface area contributed by atoms with Gasteiger partial charge in [0.2, 0.25) is 0 Å². The fourth-order valence-corrected chi connectivity index (χ4v) is 1.77. The smallest absolute Gasteiger partial charge is 0.420 e. The van der Waals surface area contributed by atoms with Crippen molar-refractivity contribution in [3.8, 4) is 11.5 Å². The first kappa shape index (κ1) is 15.4. The van der Waals surface area contributed by atoms with E-state index in [1.807, 2.05) is 25.1 Å². The van der Waals surface area contributed by atoms with Gasteiger partial charge in [-0.15, -0.1) is 0 Å². The third kappa shape index (κ3) is 3.99. The molecular formula is C16H16N2O4. The number of aromatic hydroxyl groups is 1. The van der Waals surface area contributed by atoms with Crippen molar-refractivity contribution in [2.45, 2.75) is 6.92 Å². The lowest BCUT2D eigenvalue weighted by atomic mass is 10.2. The van der Waals surface area contributed by atoms with Crippen molar-refractivity contribution in [2.75, 3.05) is 11.9 Å². The molecule has 6 nitrogen and oxygen atoms in total. The summed E-state index contributed by atoms with van der Waals surface area (Å²) in [7, 11) is 1.55. The van der Waals surface area contributed by atoms with E-state index < -0.39 is 12.1 Å². The Hall–Kier alpha value is -3.02. The van der Waals surface area contributed by atoms with E-state index in [2.05, 4.69) is 5.32 Å². The lowest BCUT2D eigenvalue weighted by Crippen LogP contribution is -2.42. The van der Waals surface area contributed by atoms with Crippen LogP contribution in [0.25, 0.3) is 0 Å². The zero-order chi connectivity index (χ0) is 16.1. The average Bonchev–Trinajstić information content (AvgIpc) is 2.48. The molecule has 2 rings (SSSR count). The van der Waals surface area contributed by atoms with Gasteiger partial charge in [-0.3, -0.25) is 4.90 Å². The molecule has 0 aromatic heterocycles. The van der Waals surface area contributed by atoms with Crippen LogP contribution in [0.1, 0.15) is 5.56 Å². The highest BCUT2D eigenvalue weighted by Crippen LogP contribution is 2.16. The van der Waals surface area contributed by atoms with Gasteiger partial charge >= 0.3 is 12.1 Å². The first-order chi connectivity index (χ1) is 10.5. The van der Waals surface area contributed by atoms with E-state index in [0.29, 0.717) is 5.69 Å². The van der Waals surface area contributed by atoms with Crippen molar-refractivity contribution in [3.63, 3.8) is 0 Å². The van der Waals surface area contributed by atoms with Gasteiger partial charge in [0, 0.05) is 12.7 Å². The Morgan fingerprint density at radius 1 is 1.14 bits per heavy atom. The summed E-state index contributed by atoms with van der Waals surface area (Å²) < 4.78 is 4.94. The SMILES string of the molecule is Cc1cccc(N(C)C(=O)NC(=O)Oc2ccc(O)cc2)c1.